The van der Waals surface area contributed by atoms with Crippen LogP contribution in [-0.2, 0) is 6.42 Å². The smallest absolute Gasteiger partial charge is 0.138 e. The molecule has 1 aromatic carbocycles. The molecular weight excluding hydrogens is 300 g/mol. The molecule has 1 aliphatic heterocycles. The summed E-state index contributed by atoms with van der Waals surface area (Å²) >= 11 is 0. The van der Waals surface area contributed by atoms with Gasteiger partial charge in [0.05, 0.1) is 6.20 Å². The first-order chi connectivity index (χ1) is 10.3. The monoisotopic (exact) mass is 320 g/mol. The molecule has 1 aliphatic rings. The number of benzene rings is 1. The normalized spacial score (nSPS) is 16.5. The Kier molecular flexibility index (Phi) is 6.19. The summed E-state index contributed by atoms with van der Waals surface area (Å²) in [6.07, 6.45) is 5.44. The summed E-state index contributed by atoms with van der Waals surface area (Å²) in [5.41, 5.74) is 3.26. The van der Waals surface area contributed by atoms with E-state index in [1.807, 2.05) is 24.4 Å². The minimum atomic E-state index is 0. The Bertz CT molecular complexity index is 603. The van der Waals surface area contributed by atoms with E-state index in [2.05, 4.69) is 22.4 Å². The maximum Gasteiger partial charge on any atom is 0.138 e. The van der Waals surface area contributed by atoms with Crippen LogP contribution in [-0.4, -0.2) is 35.9 Å². The molecule has 2 aromatic rings. The predicted molar refractivity (Wildman–Crippen MR) is 89.6 cm³/mol. The van der Waals surface area contributed by atoms with Crippen LogP contribution in [0, 0.1) is 0 Å². The van der Waals surface area contributed by atoms with Gasteiger partial charge in [0.25, 0.3) is 0 Å². The van der Waals surface area contributed by atoms with Crippen LogP contribution in [0.1, 0.15) is 12.0 Å². The Hall–Kier alpha value is -1.62. The summed E-state index contributed by atoms with van der Waals surface area (Å²) < 4.78 is 5.78. The molecule has 0 spiro atoms. The first kappa shape index (κ1) is 16.7. The lowest BCUT2D eigenvalue weighted by Crippen LogP contribution is -2.46. The van der Waals surface area contributed by atoms with E-state index in [1.165, 1.54) is 6.42 Å². The molecule has 1 fully saturated rings. The fourth-order valence-electron chi connectivity index (χ4n) is 2.38. The molecule has 3 rings (SSSR count). The molecule has 0 amide bonds. The van der Waals surface area contributed by atoms with Crippen LogP contribution in [0.25, 0.3) is 11.1 Å². The largest absolute Gasteiger partial charge is 0.490 e. The highest BCUT2D eigenvalue weighted by molar-refractivity contribution is 5.85. The lowest BCUT2D eigenvalue weighted by atomic mass is 10.0. The molecule has 4 nitrogen and oxygen atoms in total. The number of ether oxygens (including phenoxy) is 1. The molecule has 0 radical (unpaired) electrons. The molecule has 0 unspecified atom stereocenters. The number of aliphatic hydroxyl groups is 1. The van der Waals surface area contributed by atoms with Crippen molar-refractivity contribution in [1.82, 2.24) is 10.3 Å². The number of aliphatic hydroxyl groups excluding tert-OH is 1. The summed E-state index contributed by atoms with van der Waals surface area (Å²) in [6.45, 7) is 1.94. The summed E-state index contributed by atoms with van der Waals surface area (Å²) in [4.78, 5) is 4.26. The van der Waals surface area contributed by atoms with Crippen molar-refractivity contribution in [2.75, 3.05) is 19.8 Å². The van der Waals surface area contributed by atoms with Gasteiger partial charge in [-0.25, -0.2) is 0 Å². The quantitative estimate of drug-likeness (QED) is 0.858. The van der Waals surface area contributed by atoms with Crippen molar-refractivity contribution in [2.45, 2.75) is 18.9 Å². The molecule has 1 saturated heterocycles. The van der Waals surface area contributed by atoms with E-state index >= 15 is 0 Å². The summed E-state index contributed by atoms with van der Waals surface area (Å²) in [6, 6.07) is 10.7. The van der Waals surface area contributed by atoms with Gasteiger partial charge in [-0.2, -0.15) is 0 Å². The van der Waals surface area contributed by atoms with Crippen molar-refractivity contribution < 1.29 is 9.84 Å². The maximum absolute atomic E-state index is 9.04. The van der Waals surface area contributed by atoms with Gasteiger partial charge in [-0.05, 0) is 36.6 Å². The first-order valence-electron chi connectivity index (χ1n) is 7.36. The molecule has 5 heteroatoms. The number of nitrogens with one attached hydrogen (secondary N) is 1. The third kappa shape index (κ3) is 4.19. The second-order valence-corrected chi connectivity index (χ2v) is 5.33. The van der Waals surface area contributed by atoms with Crippen molar-refractivity contribution in [3.05, 3.63) is 48.3 Å². The summed E-state index contributed by atoms with van der Waals surface area (Å²) in [5.74, 6) is 0.800. The van der Waals surface area contributed by atoms with Crippen LogP contribution >= 0.6 is 12.4 Å². The van der Waals surface area contributed by atoms with Crippen LogP contribution in [0.4, 0.5) is 0 Å². The highest BCUT2D eigenvalue weighted by atomic mass is 35.5. The summed E-state index contributed by atoms with van der Waals surface area (Å²) in [7, 11) is 0. The highest BCUT2D eigenvalue weighted by Crippen LogP contribution is 2.24. The molecule has 0 saturated carbocycles. The molecule has 1 aromatic heterocycles. The molecule has 2 heterocycles. The van der Waals surface area contributed by atoms with E-state index in [4.69, 9.17) is 9.84 Å². The number of rotatable bonds is 6. The molecule has 118 valence electrons. The Morgan fingerprint density at radius 2 is 2.09 bits per heavy atom. The molecule has 0 bridgehead atoms. The second kappa shape index (κ2) is 8.13. The third-order valence-corrected chi connectivity index (χ3v) is 3.75. The number of nitrogens with zero attached hydrogens (tertiary/aromatic N) is 1. The molecule has 0 aliphatic carbocycles. The van der Waals surface area contributed by atoms with E-state index in [9.17, 15) is 0 Å². The van der Waals surface area contributed by atoms with Gasteiger partial charge in [0.15, 0.2) is 0 Å². The Morgan fingerprint density at radius 1 is 1.23 bits per heavy atom. The van der Waals surface area contributed by atoms with E-state index in [1.54, 1.807) is 6.20 Å². The van der Waals surface area contributed by atoms with Crippen LogP contribution in [0.5, 0.6) is 5.75 Å². The standard InChI is InChI=1S/C17H20N2O2.ClH/c20-7-5-13-2-1-3-14(8-13)15-9-17(11-18-10-15)21-12-16-4-6-19-16;/h1-3,8-11,16,19-20H,4-7,12H2;1H/t16-;/m0./s1. The van der Waals surface area contributed by atoms with Gasteiger partial charge in [0.1, 0.15) is 12.4 Å². The molecule has 1 atom stereocenters. The topological polar surface area (TPSA) is 54.4 Å². The zero-order valence-electron chi connectivity index (χ0n) is 12.4. The van der Waals surface area contributed by atoms with Crippen molar-refractivity contribution in [3.63, 3.8) is 0 Å². The lowest BCUT2D eigenvalue weighted by molar-refractivity contribution is 0.217. The maximum atomic E-state index is 9.04. The fourth-order valence-corrected chi connectivity index (χ4v) is 2.38. The molecule has 2 N–H and O–H groups in total. The van der Waals surface area contributed by atoms with Crippen molar-refractivity contribution in [2.24, 2.45) is 0 Å². The number of hydrogen-bond donors (Lipinski definition) is 2. The minimum absolute atomic E-state index is 0. The van der Waals surface area contributed by atoms with Crippen molar-refractivity contribution >= 4 is 12.4 Å². The van der Waals surface area contributed by atoms with Crippen molar-refractivity contribution in [3.8, 4) is 16.9 Å². The third-order valence-electron chi connectivity index (χ3n) is 3.75. The van der Waals surface area contributed by atoms with Gasteiger partial charge in [0.2, 0.25) is 0 Å². The van der Waals surface area contributed by atoms with Crippen molar-refractivity contribution in [1.29, 1.82) is 0 Å². The number of pyridine rings is 1. The Labute approximate surface area is 137 Å². The lowest BCUT2D eigenvalue weighted by Gasteiger charge is -2.27. The van der Waals surface area contributed by atoms with Gasteiger partial charge in [-0.15, -0.1) is 12.4 Å². The Morgan fingerprint density at radius 3 is 2.82 bits per heavy atom. The number of halogens is 1. The number of hydrogen-bond acceptors (Lipinski definition) is 4. The Balaban J connectivity index is 0.00000176. The average molecular weight is 321 g/mol. The SMILES string of the molecule is Cl.OCCc1cccc(-c2cncc(OC[C@@H]3CCN3)c2)c1. The molecule has 22 heavy (non-hydrogen) atoms. The van der Waals surface area contributed by atoms with Gasteiger partial charge >= 0.3 is 0 Å². The second-order valence-electron chi connectivity index (χ2n) is 5.33. The van der Waals surface area contributed by atoms with Crippen LogP contribution < -0.4 is 10.1 Å². The average Bonchev–Trinajstić information content (AvgIpc) is 2.47. The molecular formula is C17H21ClN2O2. The van der Waals surface area contributed by atoms with Gasteiger partial charge in [-0.3, -0.25) is 4.98 Å². The number of aromatic nitrogens is 1. The highest BCUT2D eigenvalue weighted by Gasteiger charge is 2.16. The summed E-state index contributed by atoms with van der Waals surface area (Å²) in [5, 5.41) is 12.4. The van der Waals surface area contributed by atoms with Gasteiger partial charge < -0.3 is 15.2 Å². The van der Waals surface area contributed by atoms with Crippen LogP contribution in [0.3, 0.4) is 0 Å². The van der Waals surface area contributed by atoms with E-state index in [0.29, 0.717) is 19.1 Å². The first-order valence-corrected chi connectivity index (χ1v) is 7.36. The predicted octanol–water partition coefficient (Wildman–Crippen LogP) is 2.45. The van der Waals surface area contributed by atoms with E-state index in [0.717, 1.165) is 29.0 Å². The van der Waals surface area contributed by atoms with Gasteiger partial charge in [-0.1, -0.05) is 24.3 Å². The minimum Gasteiger partial charge on any atom is -0.490 e. The van der Waals surface area contributed by atoms with E-state index in [-0.39, 0.29) is 19.0 Å². The fraction of sp³-hybridized carbons (Fsp3) is 0.353. The van der Waals surface area contributed by atoms with E-state index < -0.39 is 0 Å². The van der Waals surface area contributed by atoms with Crippen LogP contribution in [0.15, 0.2) is 42.7 Å². The zero-order chi connectivity index (χ0) is 14.5. The zero-order valence-corrected chi connectivity index (χ0v) is 13.2. The van der Waals surface area contributed by atoms with Crippen LogP contribution in [0.2, 0.25) is 0 Å². The van der Waals surface area contributed by atoms with Gasteiger partial charge in [0, 0.05) is 24.4 Å².